The average molecular weight is 1280 g/mol. The monoisotopic (exact) mass is 1280 g/mol. The van der Waals surface area contributed by atoms with E-state index in [-0.39, 0.29) is 74.4 Å². The number of phenols is 1. The number of aromatic hydroxyl groups is 1. The molecule has 2 heterocycles. The first-order valence-corrected chi connectivity index (χ1v) is 29.8. The molecule has 91 heavy (non-hydrogen) atoms. The maximum absolute atomic E-state index is 14.1. The summed E-state index contributed by atoms with van der Waals surface area (Å²) in [5.74, 6) is -10.0. The molecule has 0 radical (unpaired) electrons. The van der Waals surface area contributed by atoms with Gasteiger partial charge in [0.2, 0.25) is 65.0 Å². The topological polar surface area (TPSA) is 478 Å². The molecule has 1 aromatic heterocycles. The number of aliphatic imine (C=N–C) groups is 1. The number of fused-ring (bicyclic) bond motifs is 1. The average Bonchev–Trinajstić information content (AvgIpc) is 1.76. The summed E-state index contributed by atoms with van der Waals surface area (Å²) < 4.78 is 0. The highest BCUT2D eigenvalue weighted by atomic mass is 32.1. The van der Waals surface area contributed by atoms with Gasteiger partial charge in [-0.3, -0.25) is 57.7 Å². The van der Waals surface area contributed by atoms with E-state index in [0.29, 0.717) is 17.5 Å². The number of H-pyrrole nitrogens is 1. The van der Waals surface area contributed by atoms with Gasteiger partial charge in [-0.15, -0.1) is 0 Å². The zero-order valence-corrected chi connectivity index (χ0v) is 51.9. The number of aliphatic hydroxyl groups is 2. The number of aromatic nitrogens is 1. The molecule has 0 saturated carbocycles. The van der Waals surface area contributed by atoms with Crippen LogP contribution in [0.5, 0.6) is 5.75 Å². The number of primary amides is 2. The number of aromatic amines is 1. The smallest absolute Gasteiger partial charge is 0.246 e. The summed E-state index contributed by atoms with van der Waals surface area (Å²) in [4.78, 5) is 157. The van der Waals surface area contributed by atoms with Crippen LogP contribution in [0, 0.1) is 5.92 Å². The van der Waals surface area contributed by atoms with Crippen molar-refractivity contribution in [1.82, 2.24) is 63.1 Å². The molecule has 31 heteroatoms. The predicted molar refractivity (Wildman–Crippen MR) is 337 cm³/mol. The van der Waals surface area contributed by atoms with Crippen LogP contribution in [-0.2, 0) is 72.0 Å². The summed E-state index contributed by atoms with van der Waals surface area (Å²) in [6.07, 6.45) is -2.21. The van der Waals surface area contributed by atoms with Gasteiger partial charge in [0.1, 0.15) is 54.1 Å². The molecule has 1 saturated heterocycles. The van der Waals surface area contributed by atoms with Gasteiger partial charge in [0.15, 0.2) is 11.1 Å². The lowest BCUT2D eigenvalue weighted by Crippen LogP contribution is -2.62. The largest absolute Gasteiger partial charge is 0.508 e. The van der Waals surface area contributed by atoms with Crippen LogP contribution in [0.25, 0.3) is 10.9 Å². The highest BCUT2D eigenvalue weighted by Crippen LogP contribution is 2.23. The number of carbonyl (C=O) groups is 11. The van der Waals surface area contributed by atoms with E-state index in [1.54, 1.807) is 36.5 Å². The molecule has 492 valence electrons. The van der Waals surface area contributed by atoms with Crippen molar-refractivity contribution in [2.75, 3.05) is 26.7 Å². The van der Waals surface area contributed by atoms with E-state index in [9.17, 15) is 68.1 Å². The van der Waals surface area contributed by atoms with Crippen LogP contribution < -0.4 is 70.4 Å². The van der Waals surface area contributed by atoms with Crippen molar-refractivity contribution in [3.63, 3.8) is 0 Å². The van der Waals surface area contributed by atoms with Crippen LogP contribution in [0.2, 0.25) is 0 Å². The molecule has 0 aliphatic carbocycles. The molecule has 10 atom stereocenters. The Balaban J connectivity index is 1.24. The highest BCUT2D eigenvalue weighted by molar-refractivity contribution is 7.80. The maximum atomic E-state index is 14.1. The fourth-order valence-electron chi connectivity index (χ4n) is 10.0. The third-order valence-corrected chi connectivity index (χ3v) is 14.8. The molecule has 11 amide bonds. The summed E-state index contributed by atoms with van der Waals surface area (Å²) in [6, 6.07) is 9.79. The number of hydrogen-bond acceptors (Lipinski definition) is 16. The van der Waals surface area contributed by atoms with E-state index in [4.69, 9.17) is 29.4 Å². The van der Waals surface area contributed by atoms with Crippen molar-refractivity contribution in [1.29, 1.82) is 0 Å². The van der Waals surface area contributed by atoms with Crippen LogP contribution in [0.15, 0.2) is 90.1 Å². The SMILES string of the molecule is CN=C(N)NCCC[C@H](NC(=O)[C@H](CC(C)C)NC(=S)NC(=O)CNC(=O)[C@H](Cc1ccccc1)NC(=O)[C@@H](NC(=O)[C@H](CC(N)=O)NC(=O)[C@@H]1C(O)CCN1C(=O)[C@@H](Cc1ccc(O)cc1)NC(C)=O)[C@@H](C)O)C(=O)N[C@@H](Cc1c[nH]c2ccccc12)C(N)=O. The van der Waals surface area contributed by atoms with Crippen molar-refractivity contribution in [2.45, 2.75) is 140 Å². The van der Waals surface area contributed by atoms with Crippen LogP contribution >= 0.6 is 12.2 Å². The number of para-hydroxylation sites is 1. The Morgan fingerprint density at radius 2 is 1.31 bits per heavy atom. The highest BCUT2D eigenvalue weighted by Gasteiger charge is 2.45. The van der Waals surface area contributed by atoms with Crippen LogP contribution in [0.3, 0.4) is 0 Å². The maximum Gasteiger partial charge on any atom is 0.246 e. The lowest BCUT2D eigenvalue weighted by atomic mass is 10.0. The lowest BCUT2D eigenvalue weighted by molar-refractivity contribution is -0.144. The fourth-order valence-corrected chi connectivity index (χ4v) is 10.3. The predicted octanol–water partition coefficient (Wildman–Crippen LogP) is -3.63. The molecule has 3 aromatic carbocycles. The number of thiocarbonyl (C=S) groups is 1. The van der Waals surface area contributed by atoms with E-state index in [1.807, 2.05) is 38.1 Å². The van der Waals surface area contributed by atoms with Gasteiger partial charge in [0, 0.05) is 63.4 Å². The molecule has 1 unspecified atom stereocenters. The van der Waals surface area contributed by atoms with Gasteiger partial charge in [-0.25, -0.2) is 0 Å². The molecule has 0 spiro atoms. The number of likely N-dealkylation sites (tertiary alicyclic amines) is 1. The zero-order valence-electron chi connectivity index (χ0n) is 51.1. The number of guanidine groups is 1. The molecule has 30 nitrogen and oxygen atoms in total. The first-order valence-electron chi connectivity index (χ1n) is 29.4. The van der Waals surface area contributed by atoms with Gasteiger partial charge in [0.05, 0.1) is 25.2 Å². The Bertz CT molecular complexity index is 3270. The Labute approximate surface area is 530 Å². The van der Waals surface area contributed by atoms with E-state index in [1.165, 1.54) is 38.2 Å². The summed E-state index contributed by atoms with van der Waals surface area (Å²) in [5.41, 5.74) is 19.6. The number of benzene rings is 3. The second kappa shape index (κ2) is 34.9. The first-order chi connectivity index (χ1) is 43.1. The van der Waals surface area contributed by atoms with Crippen LogP contribution in [0.1, 0.15) is 76.5 Å². The van der Waals surface area contributed by atoms with Gasteiger partial charge >= 0.3 is 0 Å². The van der Waals surface area contributed by atoms with Gasteiger partial charge in [-0.05, 0) is 85.6 Å². The van der Waals surface area contributed by atoms with Gasteiger partial charge in [-0.1, -0.05) is 74.5 Å². The zero-order chi connectivity index (χ0) is 67.1. The second-order valence-corrected chi connectivity index (χ2v) is 22.8. The number of hydrogen-bond donors (Lipinski definition) is 17. The number of amides is 11. The van der Waals surface area contributed by atoms with Crippen molar-refractivity contribution in [2.24, 2.45) is 28.1 Å². The van der Waals surface area contributed by atoms with Crippen molar-refractivity contribution < 1.29 is 68.1 Å². The third-order valence-electron chi connectivity index (χ3n) is 14.6. The minimum absolute atomic E-state index is 0.0404. The van der Waals surface area contributed by atoms with Gasteiger partial charge < -0.3 is 95.6 Å². The van der Waals surface area contributed by atoms with Crippen molar-refractivity contribution in [3.8, 4) is 5.75 Å². The number of aliphatic hydroxyl groups excluding tert-OH is 2. The molecular formula is C60H82N16O14S. The third kappa shape index (κ3) is 22.7. The van der Waals surface area contributed by atoms with Crippen molar-refractivity contribution >= 4 is 99.2 Å². The molecular weight excluding hydrogens is 1200 g/mol. The number of nitrogens with zero attached hydrogens (tertiary/aromatic N) is 2. The minimum atomic E-state index is -1.88. The van der Waals surface area contributed by atoms with Crippen LogP contribution in [-0.4, -0.2) is 188 Å². The van der Waals surface area contributed by atoms with Crippen LogP contribution in [0.4, 0.5) is 0 Å². The summed E-state index contributed by atoms with van der Waals surface area (Å²) >= 11 is 5.45. The first kappa shape index (κ1) is 72.0. The standard InChI is InChI=1S/C60H82N16O14S/c1-31(2)24-42(54(86)69-40(16-11-22-65-59(63)64-5)53(85)70-41(51(62)83)27-36-29-66-39-15-10-9-14-38(36)39)73-60(91)74-48(82)30-67-52(84)43(25-34-12-7-6-8-13-34)71-56(88)49(32(3)77)75-55(87)44(28-47(61)81)72-57(89)50-46(80)21-23-76(50)58(90)45(68-33(4)78)26-35-17-19-37(79)20-18-35/h6-10,12-15,17-20,29,31-32,40-46,49-50,66,77,79-80H,11,16,21-28,30H2,1-5H3,(H2,61,81)(H2,62,83)(H,67,84)(H,68,78)(H,69,86)(H,70,85)(H,71,88)(H,72,89)(H,75,87)(H3,63,64,65)(H2,73,74,82,91)/t32-,40+,41+,42+,43+,44+,45-,46?,49+,50+/m1/s1. The second-order valence-electron chi connectivity index (χ2n) is 22.4. The minimum Gasteiger partial charge on any atom is -0.508 e. The van der Waals surface area contributed by atoms with E-state index in [0.717, 1.165) is 28.3 Å². The quantitative estimate of drug-likeness (QED) is 0.00971. The number of nitrogens with one attached hydrogen (secondary N) is 11. The molecule has 20 N–H and O–H groups in total. The fraction of sp³-hybridized carbons (Fsp3) is 0.450. The van der Waals surface area contributed by atoms with Crippen molar-refractivity contribution in [3.05, 3.63) is 102 Å². The van der Waals surface area contributed by atoms with Gasteiger partial charge in [0.25, 0.3) is 0 Å². The Hall–Kier alpha value is -9.75. The molecule has 5 rings (SSSR count). The van der Waals surface area contributed by atoms with E-state index >= 15 is 0 Å². The van der Waals surface area contributed by atoms with E-state index < -0.39 is 138 Å². The normalized spacial score (nSPS) is 16.4. The molecule has 1 aliphatic heterocycles. The summed E-state index contributed by atoms with van der Waals surface area (Å²) in [7, 11) is 1.49. The Kier molecular flexibility index (Phi) is 27.6. The number of phenolic OH excluding ortho intramolecular Hbond substituents is 1. The van der Waals surface area contributed by atoms with E-state index in [2.05, 4.69) is 63.1 Å². The molecule has 0 bridgehead atoms. The lowest BCUT2D eigenvalue weighted by Gasteiger charge is -2.31. The number of carbonyl (C=O) groups excluding carboxylic acids is 11. The summed E-state index contributed by atoms with van der Waals surface area (Å²) in [5, 5.41) is 57.7. The molecule has 4 aromatic rings. The molecule has 1 fully saturated rings. The molecule has 1 aliphatic rings. The Morgan fingerprint density at radius 3 is 1.95 bits per heavy atom. The van der Waals surface area contributed by atoms with Gasteiger partial charge in [-0.2, -0.15) is 0 Å². The summed E-state index contributed by atoms with van der Waals surface area (Å²) in [6.45, 7) is 5.29. The number of rotatable bonds is 32. The Morgan fingerprint density at radius 1 is 0.692 bits per heavy atom. The number of nitrogens with two attached hydrogens (primary N) is 3.